The van der Waals surface area contributed by atoms with Crippen molar-refractivity contribution in [2.45, 2.75) is 32.9 Å². The van der Waals surface area contributed by atoms with Gasteiger partial charge in [0.25, 0.3) is 0 Å². The molecule has 0 aromatic heterocycles. The SMILES string of the molecule is CC(C)(C)OC(=O)N1CCN(Cc2ccc3c(c2)N(S(C)(=O)=O)CCO3)CC1. The highest BCUT2D eigenvalue weighted by atomic mass is 32.2. The third-order valence-corrected chi connectivity index (χ3v) is 5.85. The monoisotopic (exact) mass is 411 g/mol. The molecule has 8 nitrogen and oxygen atoms in total. The first-order valence-corrected chi connectivity index (χ1v) is 11.3. The zero-order chi connectivity index (χ0) is 20.5. The number of nitrogens with zero attached hydrogens (tertiary/aromatic N) is 3. The molecule has 156 valence electrons. The van der Waals surface area contributed by atoms with Crippen LogP contribution in [0.25, 0.3) is 0 Å². The molecule has 2 aliphatic rings. The van der Waals surface area contributed by atoms with Gasteiger partial charge in [0.05, 0.1) is 18.5 Å². The summed E-state index contributed by atoms with van der Waals surface area (Å²) in [6.07, 6.45) is 0.937. The fourth-order valence-corrected chi connectivity index (χ4v) is 4.26. The van der Waals surface area contributed by atoms with Crippen molar-refractivity contribution < 1.29 is 22.7 Å². The smallest absolute Gasteiger partial charge is 0.410 e. The van der Waals surface area contributed by atoms with E-state index in [0.717, 1.165) is 18.7 Å². The Morgan fingerprint density at radius 2 is 1.82 bits per heavy atom. The minimum atomic E-state index is -3.34. The highest BCUT2D eigenvalue weighted by Crippen LogP contribution is 2.34. The van der Waals surface area contributed by atoms with Gasteiger partial charge in [-0.2, -0.15) is 0 Å². The first-order chi connectivity index (χ1) is 13.0. The largest absolute Gasteiger partial charge is 0.489 e. The molecule has 2 aliphatic heterocycles. The lowest BCUT2D eigenvalue weighted by atomic mass is 10.1. The van der Waals surface area contributed by atoms with Crippen molar-refractivity contribution >= 4 is 21.8 Å². The van der Waals surface area contributed by atoms with Gasteiger partial charge in [-0.1, -0.05) is 6.07 Å². The molecule has 3 rings (SSSR count). The Labute approximate surface area is 167 Å². The molecule has 28 heavy (non-hydrogen) atoms. The van der Waals surface area contributed by atoms with E-state index < -0.39 is 15.6 Å². The topological polar surface area (TPSA) is 79.4 Å². The summed E-state index contributed by atoms with van der Waals surface area (Å²) in [5.41, 5.74) is 1.12. The maximum Gasteiger partial charge on any atom is 0.410 e. The van der Waals surface area contributed by atoms with Gasteiger partial charge in [0, 0.05) is 32.7 Å². The maximum atomic E-state index is 12.2. The summed E-state index contributed by atoms with van der Waals surface area (Å²) < 4.78 is 36.5. The first-order valence-electron chi connectivity index (χ1n) is 9.47. The molecule has 0 unspecified atom stereocenters. The molecule has 0 spiro atoms. The van der Waals surface area contributed by atoms with Crippen molar-refractivity contribution in [1.29, 1.82) is 0 Å². The van der Waals surface area contributed by atoms with Crippen LogP contribution in [0.2, 0.25) is 0 Å². The molecule has 1 aromatic carbocycles. The fraction of sp³-hybridized carbons (Fsp3) is 0.632. The van der Waals surface area contributed by atoms with Gasteiger partial charge >= 0.3 is 6.09 Å². The van der Waals surface area contributed by atoms with E-state index in [1.54, 1.807) is 4.90 Å². The Morgan fingerprint density at radius 1 is 1.14 bits per heavy atom. The molecule has 0 N–H and O–H groups in total. The Hall–Kier alpha value is -2.00. The zero-order valence-electron chi connectivity index (χ0n) is 17.0. The van der Waals surface area contributed by atoms with E-state index in [2.05, 4.69) is 4.90 Å². The standard InChI is InChI=1S/C19H29N3O5S/c1-19(2,3)27-18(23)21-9-7-20(8-10-21)14-15-5-6-17-16(13-15)22(11-12-26-17)28(4,24)25/h5-6,13H,7-12,14H2,1-4H3. The van der Waals surface area contributed by atoms with Gasteiger partial charge in [0.1, 0.15) is 18.0 Å². The van der Waals surface area contributed by atoms with Crippen LogP contribution in [-0.2, 0) is 21.3 Å². The average molecular weight is 412 g/mol. The van der Waals surface area contributed by atoms with Crippen LogP contribution in [-0.4, -0.2) is 75.5 Å². The number of sulfonamides is 1. The number of fused-ring (bicyclic) bond motifs is 1. The molecule has 1 amide bonds. The molecule has 1 fully saturated rings. The number of hydrogen-bond acceptors (Lipinski definition) is 6. The highest BCUT2D eigenvalue weighted by molar-refractivity contribution is 7.92. The van der Waals surface area contributed by atoms with E-state index in [-0.39, 0.29) is 6.09 Å². The molecular formula is C19H29N3O5S. The lowest BCUT2D eigenvalue weighted by Crippen LogP contribution is -2.49. The van der Waals surface area contributed by atoms with Gasteiger partial charge in [0.2, 0.25) is 10.0 Å². The number of carbonyl (C=O) groups is 1. The summed E-state index contributed by atoms with van der Waals surface area (Å²) in [5.74, 6) is 0.593. The van der Waals surface area contributed by atoms with Crippen LogP contribution >= 0.6 is 0 Å². The van der Waals surface area contributed by atoms with Gasteiger partial charge in [-0.25, -0.2) is 13.2 Å². The predicted octanol–water partition coefficient (Wildman–Crippen LogP) is 1.90. The Balaban J connectivity index is 1.62. The lowest BCUT2D eigenvalue weighted by molar-refractivity contribution is 0.0139. The highest BCUT2D eigenvalue weighted by Gasteiger charge is 2.28. The normalized spacial score (nSPS) is 18.4. The van der Waals surface area contributed by atoms with E-state index in [0.29, 0.717) is 44.2 Å². The Morgan fingerprint density at radius 3 is 2.43 bits per heavy atom. The number of amides is 1. The van der Waals surface area contributed by atoms with Crippen molar-refractivity contribution in [3.63, 3.8) is 0 Å². The van der Waals surface area contributed by atoms with Crippen molar-refractivity contribution in [2.75, 3.05) is 49.9 Å². The molecule has 2 heterocycles. The molecule has 0 saturated carbocycles. The summed E-state index contributed by atoms with van der Waals surface area (Å²) in [6, 6.07) is 5.68. The van der Waals surface area contributed by atoms with Crippen molar-refractivity contribution in [1.82, 2.24) is 9.80 Å². The fourth-order valence-electron chi connectivity index (χ4n) is 3.35. The van der Waals surface area contributed by atoms with Gasteiger partial charge in [-0.15, -0.1) is 0 Å². The number of rotatable bonds is 3. The number of ether oxygens (including phenoxy) is 2. The minimum absolute atomic E-state index is 0.276. The minimum Gasteiger partial charge on any atom is -0.489 e. The van der Waals surface area contributed by atoms with E-state index >= 15 is 0 Å². The van der Waals surface area contributed by atoms with Crippen LogP contribution in [0, 0.1) is 0 Å². The summed E-state index contributed by atoms with van der Waals surface area (Å²) in [5, 5.41) is 0. The molecule has 9 heteroatoms. The molecule has 0 aliphatic carbocycles. The number of anilines is 1. The van der Waals surface area contributed by atoms with Crippen molar-refractivity contribution in [2.24, 2.45) is 0 Å². The lowest BCUT2D eigenvalue weighted by Gasteiger charge is -2.36. The summed E-state index contributed by atoms with van der Waals surface area (Å²) in [6.45, 7) is 9.65. The second-order valence-corrected chi connectivity index (χ2v) is 10.1. The van der Waals surface area contributed by atoms with Crippen LogP contribution < -0.4 is 9.04 Å². The van der Waals surface area contributed by atoms with Gasteiger partial charge in [-0.3, -0.25) is 9.21 Å². The van der Waals surface area contributed by atoms with Crippen LogP contribution in [0.15, 0.2) is 18.2 Å². The number of piperazine rings is 1. The molecule has 1 aromatic rings. The van der Waals surface area contributed by atoms with Crippen molar-refractivity contribution in [3.05, 3.63) is 23.8 Å². The maximum absolute atomic E-state index is 12.2. The summed E-state index contributed by atoms with van der Waals surface area (Å²) in [7, 11) is -3.34. The van der Waals surface area contributed by atoms with E-state index in [4.69, 9.17) is 9.47 Å². The second-order valence-electron chi connectivity index (χ2n) is 8.23. The predicted molar refractivity (Wildman–Crippen MR) is 107 cm³/mol. The van der Waals surface area contributed by atoms with Gasteiger partial charge in [0.15, 0.2) is 0 Å². The summed E-state index contributed by atoms with van der Waals surface area (Å²) in [4.78, 5) is 16.2. The van der Waals surface area contributed by atoms with Crippen LogP contribution in [0.3, 0.4) is 0 Å². The van der Waals surface area contributed by atoms with E-state index in [1.165, 1.54) is 10.6 Å². The average Bonchev–Trinajstić information content (AvgIpc) is 2.59. The van der Waals surface area contributed by atoms with Gasteiger partial charge in [-0.05, 0) is 38.5 Å². The zero-order valence-corrected chi connectivity index (χ0v) is 17.8. The molecule has 0 bridgehead atoms. The number of carbonyl (C=O) groups excluding carboxylic acids is 1. The Bertz CT molecular complexity index is 826. The molecular weight excluding hydrogens is 382 g/mol. The van der Waals surface area contributed by atoms with Crippen LogP contribution in [0.4, 0.5) is 10.5 Å². The second kappa shape index (κ2) is 7.79. The molecule has 0 atom stereocenters. The van der Waals surface area contributed by atoms with Gasteiger partial charge < -0.3 is 14.4 Å². The Kier molecular flexibility index (Phi) is 5.77. The number of benzene rings is 1. The molecule has 1 saturated heterocycles. The first kappa shape index (κ1) is 20.7. The quantitative estimate of drug-likeness (QED) is 0.756. The third-order valence-electron chi connectivity index (χ3n) is 4.67. The van der Waals surface area contributed by atoms with Crippen LogP contribution in [0.1, 0.15) is 26.3 Å². The molecule has 0 radical (unpaired) electrons. The van der Waals surface area contributed by atoms with E-state index in [9.17, 15) is 13.2 Å². The van der Waals surface area contributed by atoms with Crippen molar-refractivity contribution in [3.8, 4) is 5.75 Å². The van der Waals surface area contributed by atoms with E-state index in [1.807, 2.05) is 39.0 Å². The summed E-state index contributed by atoms with van der Waals surface area (Å²) >= 11 is 0. The van der Waals surface area contributed by atoms with Crippen LogP contribution in [0.5, 0.6) is 5.75 Å². The number of hydrogen-bond donors (Lipinski definition) is 0. The third kappa shape index (κ3) is 5.08.